The number of aryl methyl sites for hydroxylation is 2. The monoisotopic (exact) mass is 406 g/mol. The quantitative estimate of drug-likeness (QED) is 0.818. The Morgan fingerprint density at radius 3 is 2.59 bits per heavy atom. The van der Waals surface area contributed by atoms with Gasteiger partial charge in [0.2, 0.25) is 0 Å². The zero-order chi connectivity index (χ0) is 16.9. The SMILES string of the molecule is Cc1cc(-c2ccc3c(c2)CCC3N2CC3(CCNCC3)C2)ncn1.Cl.Cl. The van der Waals surface area contributed by atoms with Crippen molar-refractivity contribution in [1.29, 1.82) is 0 Å². The van der Waals surface area contributed by atoms with Gasteiger partial charge in [-0.3, -0.25) is 4.90 Å². The van der Waals surface area contributed by atoms with Crippen molar-refractivity contribution in [2.24, 2.45) is 5.41 Å². The summed E-state index contributed by atoms with van der Waals surface area (Å²) in [7, 11) is 0. The molecule has 2 aromatic rings. The number of halogens is 2. The Hall–Kier alpha value is -1.20. The van der Waals surface area contributed by atoms with Gasteiger partial charge in [-0.15, -0.1) is 24.8 Å². The molecule has 1 aliphatic carbocycles. The largest absolute Gasteiger partial charge is 0.317 e. The summed E-state index contributed by atoms with van der Waals surface area (Å²) in [6, 6.07) is 9.67. The van der Waals surface area contributed by atoms with Gasteiger partial charge in [-0.1, -0.05) is 12.1 Å². The molecular formula is C21H28Cl2N4. The molecule has 1 atom stereocenters. The number of fused-ring (bicyclic) bond motifs is 1. The molecule has 3 aliphatic rings. The molecule has 0 saturated carbocycles. The number of nitrogens with zero attached hydrogens (tertiary/aromatic N) is 3. The van der Waals surface area contributed by atoms with E-state index in [1.807, 2.05) is 6.92 Å². The number of aromatic nitrogens is 2. The fourth-order valence-electron chi connectivity index (χ4n) is 5.06. The minimum Gasteiger partial charge on any atom is -0.317 e. The van der Waals surface area contributed by atoms with E-state index in [9.17, 15) is 0 Å². The smallest absolute Gasteiger partial charge is 0.116 e. The first kappa shape index (κ1) is 20.5. The Morgan fingerprint density at radius 1 is 1.07 bits per heavy atom. The highest BCUT2D eigenvalue weighted by atomic mass is 35.5. The Labute approximate surface area is 174 Å². The van der Waals surface area contributed by atoms with Gasteiger partial charge in [0.05, 0.1) is 5.69 Å². The maximum absolute atomic E-state index is 4.45. The molecule has 1 unspecified atom stereocenters. The molecule has 1 aromatic heterocycles. The molecule has 1 N–H and O–H groups in total. The van der Waals surface area contributed by atoms with Crippen LogP contribution in [-0.4, -0.2) is 41.0 Å². The van der Waals surface area contributed by atoms with Crippen LogP contribution < -0.4 is 5.32 Å². The highest BCUT2D eigenvalue weighted by Gasteiger charge is 2.46. The summed E-state index contributed by atoms with van der Waals surface area (Å²) in [5.74, 6) is 0. The first-order valence-corrected chi connectivity index (χ1v) is 9.59. The van der Waals surface area contributed by atoms with Crippen LogP contribution in [0.3, 0.4) is 0 Å². The van der Waals surface area contributed by atoms with E-state index >= 15 is 0 Å². The third kappa shape index (κ3) is 3.73. The number of hydrogen-bond acceptors (Lipinski definition) is 4. The van der Waals surface area contributed by atoms with Crippen molar-refractivity contribution in [2.45, 2.75) is 38.6 Å². The van der Waals surface area contributed by atoms with Crippen molar-refractivity contribution in [3.8, 4) is 11.3 Å². The average Bonchev–Trinajstić information content (AvgIpc) is 3.03. The van der Waals surface area contributed by atoms with E-state index in [1.54, 1.807) is 11.9 Å². The number of nitrogens with one attached hydrogen (secondary N) is 1. The second-order valence-electron chi connectivity index (χ2n) is 8.17. The van der Waals surface area contributed by atoms with Crippen LogP contribution in [0.2, 0.25) is 0 Å². The van der Waals surface area contributed by atoms with Crippen molar-refractivity contribution in [3.63, 3.8) is 0 Å². The van der Waals surface area contributed by atoms with Gasteiger partial charge in [-0.25, -0.2) is 9.97 Å². The Kier molecular flexibility index (Phi) is 6.11. The van der Waals surface area contributed by atoms with Crippen molar-refractivity contribution in [1.82, 2.24) is 20.2 Å². The standard InChI is InChI=1S/C21H26N4.2ClH/c1-15-10-19(24-14-23-15)17-2-4-18-16(11-17)3-5-20(18)25-12-21(13-25)6-8-22-9-7-21;;/h2,4,10-11,14,20,22H,3,5-9,12-13H2,1H3;2*1H. The topological polar surface area (TPSA) is 41.0 Å². The number of piperidine rings is 1. The highest BCUT2D eigenvalue weighted by molar-refractivity contribution is 5.85. The van der Waals surface area contributed by atoms with Gasteiger partial charge in [0.25, 0.3) is 0 Å². The molecule has 27 heavy (non-hydrogen) atoms. The van der Waals surface area contributed by atoms with E-state index < -0.39 is 0 Å². The summed E-state index contributed by atoms with van der Waals surface area (Å²) in [6.07, 6.45) is 6.85. The molecule has 146 valence electrons. The van der Waals surface area contributed by atoms with Crippen LogP contribution in [0.25, 0.3) is 11.3 Å². The van der Waals surface area contributed by atoms with E-state index in [2.05, 4.69) is 44.5 Å². The van der Waals surface area contributed by atoms with Crippen LogP contribution in [0.1, 0.15) is 42.1 Å². The molecule has 0 amide bonds. The summed E-state index contributed by atoms with van der Waals surface area (Å²) < 4.78 is 0. The fraction of sp³-hybridized carbons (Fsp3) is 0.524. The summed E-state index contributed by atoms with van der Waals surface area (Å²) in [4.78, 5) is 11.4. The molecule has 4 nitrogen and oxygen atoms in total. The molecule has 2 saturated heterocycles. The number of hydrogen-bond donors (Lipinski definition) is 1. The maximum Gasteiger partial charge on any atom is 0.116 e. The van der Waals surface area contributed by atoms with E-state index in [1.165, 1.54) is 63.0 Å². The van der Waals surface area contributed by atoms with Gasteiger partial charge in [-0.2, -0.15) is 0 Å². The van der Waals surface area contributed by atoms with E-state index in [0.717, 1.165) is 11.4 Å². The van der Waals surface area contributed by atoms with Gasteiger partial charge < -0.3 is 5.32 Å². The molecule has 3 heterocycles. The van der Waals surface area contributed by atoms with Gasteiger partial charge in [0.15, 0.2) is 0 Å². The molecule has 5 rings (SSSR count). The normalized spacial score (nSPS) is 23.1. The molecule has 0 bridgehead atoms. The first-order chi connectivity index (χ1) is 12.2. The van der Waals surface area contributed by atoms with Crippen LogP contribution in [0.5, 0.6) is 0 Å². The predicted octanol–water partition coefficient (Wildman–Crippen LogP) is 3.97. The van der Waals surface area contributed by atoms with Crippen LogP contribution >= 0.6 is 24.8 Å². The molecule has 2 aliphatic heterocycles. The molecule has 1 spiro atoms. The Balaban J connectivity index is 0.00000105. The lowest BCUT2D eigenvalue weighted by Crippen LogP contribution is -2.60. The molecule has 0 radical (unpaired) electrons. The van der Waals surface area contributed by atoms with Gasteiger partial charge in [0, 0.05) is 30.4 Å². The van der Waals surface area contributed by atoms with Gasteiger partial charge in [-0.05, 0) is 74.4 Å². The molecule has 6 heteroatoms. The highest BCUT2D eigenvalue weighted by Crippen LogP contribution is 2.47. The summed E-state index contributed by atoms with van der Waals surface area (Å²) >= 11 is 0. The lowest BCUT2D eigenvalue weighted by molar-refractivity contribution is -0.0512. The number of benzene rings is 1. The summed E-state index contributed by atoms with van der Waals surface area (Å²) in [5, 5.41) is 3.50. The minimum atomic E-state index is 0. The fourth-order valence-corrected chi connectivity index (χ4v) is 5.06. The third-order valence-corrected chi connectivity index (χ3v) is 6.47. The van der Waals surface area contributed by atoms with Gasteiger partial charge in [0.1, 0.15) is 6.33 Å². The Bertz CT molecular complexity index is 797. The zero-order valence-corrected chi connectivity index (χ0v) is 17.4. The maximum atomic E-state index is 4.45. The number of likely N-dealkylation sites (tertiary alicyclic amines) is 1. The van der Waals surface area contributed by atoms with E-state index in [-0.39, 0.29) is 24.8 Å². The van der Waals surface area contributed by atoms with Crippen LogP contribution in [-0.2, 0) is 6.42 Å². The second-order valence-corrected chi connectivity index (χ2v) is 8.17. The lowest BCUT2D eigenvalue weighted by atomic mass is 9.71. The van der Waals surface area contributed by atoms with Crippen LogP contribution in [0.4, 0.5) is 0 Å². The van der Waals surface area contributed by atoms with Crippen molar-refractivity contribution in [3.05, 3.63) is 47.4 Å². The van der Waals surface area contributed by atoms with Crippen molar-refractivity contribution >= 4 is 24.8 Å². The van der Waals surface area contributed by atoms with E-state index in [4.69, 9.17) is 0 Å². The second kappa shape index (κ2) is 8.04. The van der Waals surface area contributed by atoms with E-state index in [0.29, 0.717) is 11.5 Å². The van der Waals surface area contributed by atoms with Crippen molar-refractivity contribution < 1.29 is 0 Å². The first-order valence-electron chi connectivity index (χ1n) is 9.59. The summed E-state index contributed by atoms with van der Waals surface area (Å²) in [5.41, 5.74) is 6.98. The minimum absolute atomic E-state index is 0. The molecular weight excluding hydrogens is 379 g/mol. The lowest BCUT2D eigenvalue weighted by Gasteiger charge is -2.55. The Morgan fingerprint density at radius 2 is 1.85 bits per heavy atom. The van der Waals surface area contributed by atoms with Gasteiger partial charge >= 0.3 is 0 Å². The molecule has 1 aromatic carbocycles. The molecule has 2 fully saturated rings. The summed E-state index contributed by atoms with van der Waals surface area (Å²) in [6.45, 7) is 7.03. The van der Waals surface area contributed by atoms with Crippen molar-refractivity contribution in [2.75, 3.05) is 26.2 Å². The zero-order valence-electron chi connectivity index (χ0n) is 15.8. The third-order valence-electron chi connectivity index (χ3n) is 6.47. The number of rotatable bonds is 2. The van der Waals surface area contributed by atoms with Crippen LogP contribution in [0, 0.1) is 12.3 Å². The predicted molar refractivity (Wildman–Crippen MR) is 114 cm³/mol. The average molecular weight is 407 g/mol. The van der Waals surface area contributed by atoms with Crippen LogP contribution in [0.15, 0.2) is 30.6 Å².